The Kier molecular flexibility index (Phi) is 3.52. The van der Waals surface area contributed by atoms with Crippen molar-refractivity contribution in [3.63, 3.8) is 0 Å². The average Bonchev–Trinajstić information content (AvgIpc) is 1.83. The highest BCUT2D eigenvalue weighted by atomic mass is 31.1. The van der Waals surface area contributed by atoms with E-state index in [-0.39, 0.29) is 0 Å². The predicted octanol–water partition coefficient (Wildman–Crippen LogP) is 0.941. The van der Waals surface area contributed by atoms with Crippen LogP contribution in [0.15, 0.2) is 0 Å². The second-order valence-electron chi connectivity index (χ2n) is 0.817. The first-order chi connectivity index (χ1) is 3.85. The van der Waals surface area contributed by atoms with Crippen molar-refractivity contribution in [3.05, 3.63) is 0 Å². The Morgan fingerprint density at radius 3 is 1.88 bits per heavy atom. The van der Waals surface area contributed by atoms with Gasteiger partial charge in [0.15, 0.2) is 0 Å². The van der Waals surface area contributed by atoms with Gasteiger partial charge in [0.2, 0.25) is 0 Å². The van der Waals surface area contributed by atoms with Crippen molar-refractivity contribution in [3.8, 4) is 35.9 Å². The molecule has 0 rings (SSSR count). The number of terminal acetylenes is 2. The molecule has 0 bridgehead atoms. The number of aliphatic hydroxyl groups excluding tert-OH is 1. The third-order valence-electron chi connectivity index (χ3n) is 0.420. The van der Waals surface area contributed by atoms with E-state index in [0.717, 1.165) is 0 Å². The number of rotatable bonds is 0. The van der Waals surface area contributed by atoms with Gasteiger partial charge < -0.3 is 5.11 Å². The molecule has 0 aliphatic rings. The Morgan fingerprint density at radius 1 is 1.25 bits per heavy atom. The smallest absolute Gasteiger partial charge is 0.130 e. The summed E-state index contributed by atoms with van der Waals surface area (Å²) in [5, 5.41) is 7.96. The van der Waals surface area contributed by atoms with Gasteiger partial charge in [0, 0.05) is 0 Å². The van der Waals surface area contributed by atoms with Gasteiger partial charge in [-0.15, -0.1) is 12.8 Å². The maximum absolute atomic E-state index is 7.96. The molecule has 0 saturated heterocycles. The SMILES string of the molecule is C#CP(C#C)C#CO. The van der Waals surface area contributed by atoms with Crippen LogP contribution in [-0.4, -0.2) is 5.11 Å². The summed E-state index contributed by atoms with van der Waals surface area (Å²) in [6.45, 7) is 0. The minimum atomic E-state index is -1.11. The van der Waals surface area contributed by atoms with E-state index in [1.807, 2.05) is 0 Å². The van der Waals surface area contributed by atoms with E-state index >= 15 is 0 Å². The molecule has 1 N–H and O–H groups in total. The second kappa shape index (κ2) is 4.08. The Morgan fingerprint density at radius 2 is 1.75 bits per heavy atom. The van der Waals surface area contributed by atoms with Crippen molar-refractivity contribution in [2.24, 2.45) is 0 Å². The lowest BCUT2D eigenvalue weighted by Gasteiger charge is -1.81. The normalized spacial score (nSPS) is 5.88. The highest BCUT2D eigenvalue weighted by molar-refractivity contribution is 7.72. The first-order valence-electron chi connectivity index (χ1n) is 1.72. The van der Waals surface area contributed by atoms with Crippen LogP contribution in [0.25, 0.3) is 0 Å². The number of hydrogen-bond acceptors (Lipinski definition) is 1. The van der Waals surface area contributed by atoms with Gasteiger partial charge in [-0.3, -0.25) is 0 Å². The molecule has 0 fully saturated rings. The lowest BCUT2D eigenvalue weighted by Crippen LogP contribution is -1.54. The molecule has 38 valence electrons. The van der Waals surface area contributed by atoms with Gasteiger partial charge in [0.1, 0.15) is 14.0 Å². The molecule has 0 aromatic carbocycles. The Balaban J connectivity index is 3.95. The van der Waals surface area contributed by atoms with Gasteiger partial charge in [-0.25, -0.2) is 0 Å². The van der Waals surface area contributed by atoms with Crippen molar-refractivity contribution < 1.29 is 5.11 Å². The van der Waals surface area contributed by atoms with Crippen molar-refractivity contribution in [1.82, 2.24) is 0 Å². The molecule has 0 spiro atoms. The molecule has 0 aliphatic carbocycles. The standard InChI is InChI=1S/C6H3OP/c1-3-8(4-2)6-5-7/h1-2,7H. The van der Waals surface area contributed by atoms with Crippen LogP contribution in [0.4, 0.5) is 0 Å². The molecular formula is C6H3OP. The summed E-state index contributed by atoms with van der Waals surface area (Å²) >= 11 is 0. The van der Waals surface area contributed by atoms with Crippen LogP contribution in [0.5, 0.6) is 0 Å². The van der Waals surface area contributed by atoms with Crippen molar-refractivity contribution in [2.75, 3.05) is 0 Å². The van der Waals surface area contributed by atoms with Crippen LogP contribution < -0.4 is 0 Å². The molecule has 8 heavy (non-hydrogen) atoms. The zero-order valence-electron chi connectivity index (χ0n) is 4.05. The first-order valence-corrected chi connectivity index (χ1v) is 3.06. The molecule has 0 aromatic heterocycles. The molecule has 0 atom stereocenters. The summed E-state index contributed by atoms with van der Waals surface area (Å²) in [7, 11) is -1.11. The Bertz CT molecular complexity index is 181. The fourth-order valence-corrected chi connectivity index (χ4v) is 0.455. The highest BCUT2D eigenvalue weighted by Gasteiger charge is 1.88. The summed E-state index contributed by atoms with van der Waals surface area (Å²) in [5.74, 6) is 0. The Labute approximate surface area is 49.9 Å². The van der Waals surface area contributed by atoms with Gasteiger partial charge in [-0.2, -0.15) is 0 Å². The van der Waals surface area contributed by atoms with Crippen LogP contribution in [0, 0.1) is 35.9 Å². The highest BCUT2D eigenvalue weighted by Crippen LogP contribution is 2.28. The van der Waals surface area contributed by atoms with Gasteiger partial charge in [-0.1, -0.05) is 11.3 Å². The zero-order chi connectivity index (χ0) is 6.41. The summed E-state index contributed by atoms with van der Waals surface area (Å²) in [6, 6.07) is 0. The van der Waals surface area contributed by atoms with E-state index in [1.165, 1.54) is 0 Å². The molecule has 0 saturated carbocycles. The maximum atomic E-state index is 7.96. The van der Waals surface area contributed by atoms with Crippen molar-refractivity contribution in [1.29, 1.82) is 0 Å². The second-order valence-corrected chi connectivity index (χ2v) is 2.23. The molecule has 0 heterocycles. The largest absolute Gasteiger partial charge is 0.462 e. The van der Waals surface area contributed by atoms with Gasteiger partial charge >= 0.3 is 0 Å². The molecule has 2 heteroatoms. The van der Waals surface area contributed by atoms with E-state index in [4.69, 9.17) is 18.0 Å². The van der Waals surface area contributed by atoms with Gasteiger partial charge in [-0.05, 0) is 5.66 Å². The quantitative estimate of drug-likeness (QED) is 0.374. The van der Waals surface area contributed by atoms with Crippen molar-refractivity contribution in [2.45, 2.75) is 0 Å². The first kappa shape index (κ1) is 6.91. The Hall–Kier alpha value is -1.09. The fraction of sp³-hybridized carbons (Fsp3) is 0. The summed E-state index contributed by atoms with van der Waals surface area (Å²) in [5.41, 5.74) is 6.78. The monoisotopic (exact) mass is 122 g/mol. The van der Waals surface area contributed by atoms with Gasteiger partial charge in [0.25, 0.3) is 0 Å². The summed E-state index contributed by atoms with van der Waals surface area (Å²) in [6.07, 6.45) is 11.4. The zero-order valence-corrected chi connectivity index (χ0v) is 4.94. The van der Waals surface area contributed by atoms with Crippen LogP contribution in [0.2, 0.25) is 0 Å². The molecule has 0 aromatic rings. The van der Waals surface area contributed by atoms with E-state index in [1.54, 1.807) is 6.11 Å². The predicted molar refractivity (Wildman–Crippen MR) is 34.3 cm³/mol. The minimum Gasteiger partial charge on any atom is -0.462 e. The van der Waals surface area contributed by atoms with Crippen LogP contribution >= 0.6 is 7.92 Å². The van der Waals surface area contributed by atoms with Gasteiger partial charge in [0.05, 0.1) is 0 Å². The van der Waals surface area contributed by atoms with E-state index in [9.17, 15) is 0 Å². The van der Waals surface area contributed by atoms with Crippen molar-refractivity contribution >= 4 is 7.92 Å². The number of aliphatic hydroxyl groups is 1. The van der Waals surface area contributed by atoms with Crippen LogP contribution in [0.3, 0.4) is 0 Å². The van der Waals surface area contributed by atoms with E-state index in [0.29, 0.717) is 0 Å². The maximum Gasteiger partial charge on any atom is 0.130 e. The molecule has 0 aliphatic heterocycles. The molecule has 0 radical (unpaired) electrons. The third kappa shape index (κ3) is 2.15. The van der Waals surface area contributed by atoms with Crippen LogP contribution in [0.1, 0.15) is 0 Å². The fourth-order valence-electron chi connectivity index (χ4n) is 0.152. The van der Waals surface area contributed by atoms with E-state index < -0.39 is 7.92 Å². The number of hydrogen-bond donors (Lipinski definition) is 1. The minimum absolute atomic E-state index is 1.11. The molecule has 1 nitrogen and oxygen atoms in total. The molecular weight excluding hydrogens is 119 g/mol. The van der Waals surface area contributed by atoms with E-state index in [2.05, 4.69) is 17.0 Å². The molecule has 0 amide bonds. The lowest BCUT2D eigenvalue weighted by molar-refractivity contribution is 0.518. The summed E-state index contributed by atoms with van der Waals surface area (Å²) < 4.78 is 0. The average molecular weight is 122 g/mol. The van der Waals surface area contributed by atoms with Crippen LogP contribution in [-0.2, 0) is 0 Å². The molecule has 0 unspecified atom stereocenters. The lowest BCUT2D eigenvalue weighted by atomic mass is 11.3. The topological polar surface area (TPSA) is 20.2 Å². The summed E-state index contributed by atoms with van der Waals surface area (Å²) in [4.78, 5) is 0. The third-order valence-corrected chi connectivity index (χ3v) is 1.26.